The van der Waals surface area contributed by atoms with Crippen LogP contribution in [0.15, 0.2) is 30.3 Å². The lowest BCUT2D eigenvalue weighted by Crippen LogP contribution is -2.37. The third kappa shape index (κ3) is 5.08. The van der Waals surface area contributed by atoms with Gasteiger partial charge < -0.3 is 15.1 Å². The number of hydrogen-bond acceptors (Lipinski definition) is 3. The van der Waals surface area contributed by atoms with Crippen LogP contribution in [0.2, 0.25) is 0 Å². The van der Waals surface area contributed by atoms with E-state index >= 15 is 0 Å². The molecule has 0 aliphatic rings. The minimum absolute atomic E-state index is 0.142. The Kier molecular flexibility index (Phi) is 5.62. The van der Waals surface area contributed by atoms with Crippen LogP contribution in [-0.2, 0) is 21.4 Å². The van der Waals surface area contributed by atoms with Gasteiger partial charge >= 0.3 is 11.9 Å². The normalized spacial score (nSPS) is 15.4. The molecule has 1 unspecified atom stereocenters. The van der Waals surface area contributed by atoms with Crippen molar-refractivity contribution < 1.29 is 24.7 Å². The van der Waals surface area contributed by atoms with Crippen LogP contribution in [0.5, 0.6) is 0 Å². The average molecular weight is 303 g/mol. The zero-order valence-corrected chi connectivity index (χ0v) is 11.6. The van der Waals surface area contributed by atoms with E-state index in [1.807, 2.05) is 0 Å². The van der Waals surface area contributed by atoms with Gasteiger partial charge in [-0.15, -0.1) is 0 Å². The SMILES string of the molecule is O=C(O)CC[C@H](NP(O)(=S)c1ccccc1)C(=O)O. The summed E-state index contributed by atoms with van der Waals surface area (Å²) in [5.41, 5.74) is 0. The minimum Gasteiger partial charge on any atom is -0.481 e. The third-order valence-electron chi connectivity index (χ3n) is 2.38. The predicted octanol–water partition coefficient (Wildman–Crippen LogP) is 0.521. The molecule has 6 nitrogen and oxygen atoms in total. The molecule has 19 heavy (non-hydrogen) atoms. The molecule has 2 atom stereocenters. The lowest BCUT2D eigenvalue weighted by Gasteiger charge is -2.22. The van der Waals surface area contributed by atoms with Crippen molar-refractivity contribution in [1.82, 2.24) is 5.09 Å². The molecule has 0 aromatic heterocycles. The maximum absolute atomic E-state index is 11.0. The molecule has 4 N–H and O–H groups in total. The summed E-state index contributed by atoms with van der Waals surface area (Å²) in [4.78, 5) is 31.7. The van der Waals surface area contributed by atoms with Crippen molar-refractivity contribution in [2.75, 3.05) is 0 Å². The zero-order valence-electron chi connectivity index (χ0n) is 9.89. The van der Waals surface area contributed by atoms with E-state index in [2.05, 4.69) is 5.09 Å². The number of aliphatic carboxylic acids is 2. The number of hydrogen-bond donors (Lipinski definition) is 4. The van der Waals surface area contributed by atoms with Crippen LogP contribution in [-0.4, -0.2) is 33.1 Å². The fourth-order valence-electron chi connectivity index (χ4n) is 1.43. The fraction of sp³-hybridized carbons (Fsp3) is 0.273. The van der Waals surface area contributed by atoms with Gasteiger partial charge in [-0.2, -0.15) is 0 Å². The standard InChI is InChI=1S/C11H14NO5PS/c13-10(14)7-6-9(11(15)16)12-18(17,19)8-4-2-1-3-5-8/h1-5,9H,6-7H2,(H,13,14)(H,15,16)(H2,12,17,19)/t9-,18?/m0/s1. The number of carbonyl (C=O) groups is 2. The first-order chi connectivity index (χ1) is 8.83. The van der Waals surface area contributed by atoms with Crippen molar-refractivity contribution in [2.45, 2.75) is 18.9 Å². The highest BCUT2D eigenvalue weighted by atomic mass is 32.4. The molecule has 8 heteroatoms. The molecule has 0 amide bonds. The molecular weight excluding hydrogens is 289 g/mol. The molecule has 0 aliphatic heterocycles. The summed E-state index contributed by atoms with van der Waals surface area (Å²) in [7, 11) is 0. The van der Waals surface area contributed by atoms with Crippen LogP contribution in [0, 0.1) is 0 Å². The molecule has 0 fully saturated rings. The van der Waals surface area contributed by atoms with Gasteiger partial charge in [0.15, 0.2) is 6.42 Å². The Labute approximate surface area is 115 Å². The summed E-state index contributed by atoms with van der Waals surface area (Å²) in [6, 6.07) is 7.13. The number of benzene rings is 1. The molecule has 0 spiro atoms. The zero-order chi connectivity index (χ0) is 14.5. The van der Waals surface area contributed by atoms with Gasteiger partial charge in [0.2, 0.25) is 0 Å². The van der Waals surface area contributed by atoms with E-state index in [0.29, 0.717) is 5.30 Å². The maximum atomic E-state index is 11.0. The minimum atomic E-state index is -3.21. The second kappa shape index (κ2) is 6.77. The van der Waals surface area contributed by atoms with Crippen LogP contribution in [0.4, 0.5) is 0 Å². The van der Waals surface area contributed by atoms with Crippen molar-refractivity contribution >= 4 is 35.5 Å². The molecule has 0 aliphatic carbocycles. The van der Waals surface area contributed by atoms with Crippen molar-refractivity contribution in [3.05, 3.63) is 30.3 Å². The van der Waals surface area contributed by atoms with E-state index in [4.69, 9.17) is 22.0 Å². The molecule has 104 valence electrons. The summed E-state index contributed by atoms with van der Waals surface area (Å²) in [5.74, 6) is -2.33. The summed E-state index contributed by atoms with van der Waals surface area (Å²) in [6.45, 7) is 0. The Bertz CT molecular complexity index is 507. The molecule has 0 saturated carbocycles. The molecule has 0 saturated heterocycles. The first kappa shape index (κ1) is 15.8. The fourth-order valence-corrected chi connectivity index (χ4v) is 3.56. The van der Waals surface area contributed by atoms with Gasteiger partial charge in [-0.25, -0.2) is 0 Å². The van der Waals surface area contributed by atoms with Crippen molar-refractivity contribution in [3.63, 3.8) is 0 Å². The average Bonchev–Trinajstić information content (AvgIpc) is 2.35. The highest BCUT2D eigenvalue weighted by molar-refractivity contribution is 8.14. The second-order valence-electron chi connectivity index (χ2n) is 3.86. The van der Waals surface area contributed by atoms with Gasteiger partial charge in [-0.3, -0.25) is 14.7 Å². The highest BCUT2D eigenvalue weighted by Gasteiger charge is 2.26. The first-order valence-electron chi connectivity index (χ1n) is 5.44. The summed E-state index contributed by atoms with van der Waals surface area (Å²) < 4.78 is 0. The Morgan fingerprint density at radius 3 is 2.32 bits per heavy atom. The number of carboxylic acid groups (broad SMARTS) is 2. The largest absolute Gasteiger partial charge is 0.481 e. The number of rotatable bonds is 7. The molecule has 1 aromatic rings. The highest BCUT2D eigenvalue weighted by Crippen LogP contribution is 2.35. The molecular formula is C11H14NO5PS. The van der Waals surface area contributed by atoms with E-state index in [0.717, 1.165) is 0 Å². The van der Waals surface area contributed by atoms with Gasteiger partial charge in [0, 0.05) is 11.7 Å². The second-order valence-corrected chi connectivity index (χ2v) is 7.38. The van der Waals surface area contributed by atoms with Gasteiger partial charge in [0.25, 0.3) is 0 Å². The monoisotopic (exact) mass is 303 g/mol. The van der Waals surface area contributed by atoms with Gasteiger partial charge in [0.05, 0.1) is 0 Å². The molecule has 1 rings (SSSR count). The Morgan fingerprint density at radius 2 is 1.84 bits per heavy atom. The Hall–Kier alpha value is -1.27. The third-order valence-corrected chi connectivity index (χ3v) is 4.99. The summed E-state index contributed by atoms with van der Waals surface area (Å²) in [6.07, 6.45) is -3.66. The van der Waals surface area contributed by atoms with Crippen LogP contribution in [0.25, 0.3) is 0 Å². The van der Waals surface area contributed by atoms with E-state index in [1.165, 1.54) is 0 Å². The lowest BCUT2D eigenvalue weighted by atomic mass is 10.2. The summed E-state index contributed by atoms with van der Waals surface area (Å²) in [5, 5.41) is 20.5. The topological polar surface area (TPSA) is 107 Å². The number of nitrogens with one attached hydrogen (secondary N) is 1. The van der Waals surface area contributed by atoms with Crippen LogP contribution >= 0.6 is 6.42 Å². The van der Waals surface area contributed by atoms with E-state index in [1.54, 1.807) is 30.3 Å². The molecule has 0 bridgehead atoms. The van der Waals surface area contributed by atoms with E-state index in [9.17, 15) is 14.5 Å². The lowest BCUT2D eigenvalue weighted by molar-refractivity contribution is -0.140. The van der Waals surface area contributed by atoms with Gasteiger partial charge in [-0.05, 0) is 18.2 Å². The van der Waals surface area contributed by atoms with Crippen molar-refractivity contribution in [2.24, 2.45) is 0 Å². The van der Waals surface area contributed by atoms with Crippen LogP contribution in [0.1, 0.15) is 12.8 Å². The van der Waals surface area contributed by atoms with E-state index in [-0.39, 0.29) is 12.8 Å². The number of carboxylic acids is 2. The molecule has 0 radical (unpaired) electrons. The Balaban J connectivity index is 2.81. The maximum Gasteiger partial charge on any atom is 0.321 e. The van der Waals surface area contributed by atoms with Crippen molar-refractivity contribution in [3.8, 4) is 0 Å². The Morgan fingerprint density at radius 1 is 1.26 bits per heavy atom. The van der Waals surface area contributed by atoms with Gasteiger partial charge in [0.1, 0.15) is 6.04 Å². The first-order valence-corrected chi connectivity index (χ1v) is 8.19. The van der Waals surface area contributed by atoms with E-state index < -0.39 is 24.4 Å². The molecule has 1 aromatic carbocycles. The summed E-state index contributed by atoms with van der Waals surface area (Å²) >= 11 is 5.03. The predicted molar refractivity (Wildman–Crippen MR) is 74.0 cm³/mol. The molecule has 0 heterocycles. The van der Waals surface area contributed by atoms with Crippen molar-refractivity contribution in [1.29, 1.82) is 0 Å². The van der Waals surface area contributed by atoms with Gasteiger partial charge in [-0.1, -0.05) is 30.3 Å². The quantitative estimate of drug-likeness (QED) is 0.544. The van der Waals surface area contributed by atoms with Crippen LogP contribution in [0.3, 0.4) is 0 Å². The van der Waals surface area contributed by atoms with Crippen LogP contribution < -0.4 is 10.4 Å². The smallest absolute Gasteiger partial charge is 0.321 e.